The number of aryl methyl sites for hydroxylation is 1. The van der Waals surface area contributed by atoms with E-state index in [1.807, 2.05) is 0 Å². The molecular weight excluding hydrogens is 327 g/mol. The molecule has 6 nitrogen and oxygen atoms in total. The Kier molecular flexibility index (Phi) is 4.52. The van der Waals surface area contributed by atoms with Gasteiger partial charge in [-0.05, 0) is 19.8 Å². The molecule has 1 aliphatic heterocycles. The van der Waals surface area contributed by atoms with Crippen molar-refractivity contribution in [2.45, 2.75) is 31.3 Å². The number of hydrogen-bond donors (Lipinski definition) is 0. The van der Waals surface area contributed by atoms with Crippen LogP contribution in [0.1, 0.15) is 25.1 Å². The number of hydrogen-bond acceptors (Lipinski definition) is 5. The topological polar surface area (TPSA) is 74.6 Å². The van der Waals surface area contributed by atoms with Crippen LogP contribution < -0.4 is 9.74 Å². The predicted octanol–water partition coefficient (Wildman–Crippen LogP) is 1.60. The molecule has 1 atom stereocenters. The molecule has 22 heavy (non-hydrogen) atoms. The normalized spacial score (nSPS) is 18.3. The zero-order valence-electron chi connectivity index (χ0n) is 11.6. The van der Waals surface area contributed by atoms with Gasteiger partial charge in [-0.1, -0.05) is 0 Å². The SMILES string of the molecule is CCOCC1CCc2cc(OS(=O)(=O)C(F)(F)F)cc(=O)n21. The van der Waals surface area contributed by atoms with Gasteiger partial charge in [0.25, 0.3) is 5.56 Å². The van der Waals surface area contributed by atoms with Gasteiger partial charge in [-0.2, -0.15) is 21.6 Å². The summed E-state index contributed by atoms with van der Waals surface area (Å²) in [7, 11) is -5.79. The van der Waals surface area contributed by atoms with Crippen molar-refractivity contribution in [2.24, 2.45) is 0 Å². The summed E-state index contributed by atoms with van der Waals surface area (Å²) in [5, 5.41) is 0. The highest BCUT2D eigenvalue weighted by atomic mass is 32.2. The van der Waals surface area contributed by atoms with Gasteiger partial charge in [0.2, 0.25) is 0 Å². The number of nitrogens with zero attached hydrogens (tertiary/aromatic N) is 1. The van der Waals surface area contributed by atoms with E-state index in [2.05, 4.69) is 4.18 Å². The van der Waals surface area contributed by atoms with Crippen LogP contribution in [0.25, 0.3) is 0 Å². The standard InChI is InChI=1S/C12H14F3NO5S/c1-2-20-7-9-4-3-8-5-10(6-11(17)16(8)9)21-22(18,19)12(13,14)15/h5-6,9H,2-4,7H2,1H3. The molecule has 1 aromatic rings. The third-order valence-corrected chi connectivity index (χ3v) is 4.20. The zero-order valence-corrected chi connectivity index (χ0v) is 12.4. The number of aromatic nitrogens is 1. The van der Waals surface area contributed by atoms with Gasteiger partial charge in [-0.3, -0.25) is 4.79 Å². The van der Waals surface area contributed by atoms with Crippen LogP contribution in [0.5, 0.6) is 5.75 Å². The van der Waals surface area contributed by atoms with Crippen molar-refractivity contribution < 1.29 is 30.5 Å². The molecule has 0 aromatic carbocycles. The molecule has 2 rings (SSSR count). The number of fused-ring (bicyclic) bond motifs is 1. The van der Waals surface area contributed by atoms with Crippen LogP contribution in [0, 0.1) is 0 Å². The van der Waals surface area contributed by atoms with Gasteiger partial charge < -0.3 is 13.5 Å². The van der Waals surface area contributed by atoms with Gasteiger partial charge in [0.15, 0.2) is 0 Å². The van der Waals surface area contributed by atoms with Gasteiger partial charge in [0.05, 0.1) is 12.6 Å². The summed E-state index contributed by atoms with van der Waals surface area (Å²) in [5.74, 6) is -0.634. The quantitative estimate of drug-likeness (QED) is 0.601. The van der Waals surface area contributed by atoms with Crippen LogP contribution in [0.4, 0.5) is 13.2 Å². The number of pyridine rings is 1. The first-order valence-corrected chi connectivity index (χ1v) is 7.90. The fourth-order valence-electron chi connectivity index (χ4n) is 2.29. The van der Waals surface area contributed by atoms with Crippen LogP contribution in [0.15, 0.2) is 16.9 Å². The molecule has 124 valence electrons. The molecule has 0 saturated carbocycles. The van der Waals surface area contributed by atoms with Gasteiger partial charge in [-0.25, -0.2) is 0 Å². The summed E-state index contributed by atoms with van der Waals surface area (Å²) >= 11 is 0. The Hall–Kier alpha value is -1.55. The minimum Gasteiger partial charge on any atom is -0.380 e. The van der Waals surface area contributed by atoms with Crippen LogP contribution in [0.2, 0.25) is 0 Å². The van der Waals surface area contributed by atoms with Crippen molar-refractivity contribution in [1.29, 1.82) is 0 Å². The van der Waals surface area contributed by atoms with E-state index in [9.17, 15) is 26.4 Å². The molecule has 0 aliphatic carbocycles. The molecule has 0 spiro atoms. The maximum absolute atomic E-state index is 12.3. The van der Waals surface area contributed by atoms with Crippen molar-refractivity contribution >= 4 is 10.1 Å². The van der Waals surface area contributed by atoms with Crippen molar-refractivity contribution in [1.82, 2.24) is 4.57 Å². The average molecular weight is 341 g/mol. The minimum absolute atomic E-state index is 0.212. The Bertz CT molecular complexity index is 710. The van der Waals surface area contributed by atoms with Crippen LogP contribution in [0.3, 0.4) is 0 Å². The van der Waals surface area contributed by atoms with Crippen molar-refractivity contribution in [3.63, 3.8) is 0 Å². The van der Waals surface area contributed by atoms with Crippen molar-refractivity contribution in [2.75, 3.05) is 13.2 Å². The Morgan fingerprint density at radius 3 is 2.64 bits per heavy atom. The van der Waals surface area contributed by atoms with E-state index in [0.29, 0.717) is 31.7 Å². The second-order valence-corrected chi connectivity index (χ2v) is 6.26. The fourth-order valence-corrected chi connectivity index (χ4v) is 2.74. The lowest BCUT2D eigenvalue weighted by Crippen LogP contribution is -2.29. The summed E-state index contributed by atoms with van der Waals surface area (Å²) in [5.41, 5.74) is -5.74. The average Bonchev–Trinajstić information content (AvgIpc) is 2.78. The van der Waals surface area contributed by atoms with E-state index >= 15 is 0 Å². The van der Waals surface area contributed by atoms with Gasteiger partial charge in [0.1, 0.15) is 5.75 Å². The third kappa shape index (κ3) is 3.27. The molecular formula is C12H14F3NO5S. The molecule has 0 fully saturated rings. The highest BCUT2D eigenvalue weighted by molar-refractivity contribution is 7.87. The van der Waals surface area contributed by atoms with Crippen LogP contribution >= 0.6 is 0 Å². The first kappa shape index (κ1) is 16.8. The van der Waals surface area contributed by atoms with Gasteiger partial charge in [0, 0.05) is 24.4 Å². The number of rotatable bonds is 5. The Balaban J connectivity index is 2.30. The van der Waals surface area contributed by atoms with E-state index in [1.54, 1.807) is 6.92 Å². The second-order valence-electron chi connectivity index (χ2n) is 4.73. The fraction of sp³-hybridized carbons (Fsp3) is 0.583. The maximum atomic E-state index is 12.3. The lowest BCUT2D eigenvalue weighted by Gasteiger charge is -2.15. The molecule has 0 N–H and O–H groups in total. The summed E-state index contributed by atoms with van der Waals surface area (Å²) in [6.45, 7) is 2.59. The molecule has 2 heterocycles. The molecule has 0 saturated heterocycles. The molecule has 0 radical (unpaired) electrons. The van der Waals surface area contributed by atoms with Crippen molar-refractivity contribution in [3.05, 3.63) is 28.2 Å². The Morgan fingerprint density at radius 2 is 2.05 bits per heavy atom. The molecule has 0 amide bonds. The highest BCUT2D eigenvalue weighted by Crippen LogP contribution is 2.30. The Labute approximate surface area is 124 Å². The largest absolute Gasteiger partial charge is 0.534 e. The lowest BCUT2D eigenvalue weighted by atomic mass is 10.2. The second kappa shape index (κ2) is 5.92. The first-order chi connectivity index (χ1) is 10.2. The summed E-state index contributed by atoms with van der Waals surface area (Å²) in [6.07, 6.45) is 1.01. The van der Waals surface area contributed by atoms with E-state index in [0.717, 1.165) is 12.1 Å². The highest BCUT2D eigenvalue weighted by Gasteiger charge is 2.48. The summed E-state index contributed by atoms with van der Waals surface area (Å²) in [4.78, 5) is 12.0. The number of ether oxygens (including phenoxy) is 1. The number of halogens is 3. The van der Waals surface area contributed by atoms with Crippen LogP contribution in [-0.2, 0) is 21.3 Å². The smallest absolute Gasteiger partial charge is 0.380 e. The molecule has 1 unspecified atom stereocenters. The molecule has 0 bridgehead atoms. The monoisotopic (exact) mass is 341 g/mol. The summed E-state index contributed by atoms with van der Waals surface area (Å²) in [6, 6.07) is 1.66. The molecule has 1 aliphatic rings. The Morgan fingerprint density at radius 1 is 1.36 bits per heavy atom. The summed E-state index contributed by atoms with van der Waals surface area (Å²) < 4.78 is 69.4. The van der Waals surface area contributed by atoms with Gasteiger partial charge in [-0.15, -0.1) is 0 Å². The van der Waals surface area contributed by atoms with Gasteiger partial charge >= 0.3 is 15.6 Å². The van der Waals surface area contributed by atoms with Crippen LogP contribution in [-0.4, -0.2) is 31.7 Å². The minimum atomic E-state index is -5.79. The van der Waals surface area contributed by atoms with Crippen molar-refractivity contribution in [3.8, 4) is 5.75 Å². The molecule has 10 heteroatoms. The van der Waals surface area contributed by atoms with E-state index in [-0.39, 0.29) is 6.04 Å². The third-order valence-electron chi connectivity index (χ3n) is 3.22. The predicted molar refractivity (Wildman–Crippen MR) is 70.2 cm³/mol. The van der Waals surface area contributed by atoms with E-state index in [4.69, 9.17) is 4.74 Å². The lowest BCUT2D eigenvalue weighted by molar-refractivity contribution is -0.0500. The first-order valence-electron chi connectivity index (χ1n) is 6.49. The van der Waals surface area contributed by atoms with E-state index < -0.39 is 26.9 Å². The molecule has 1 aromatic heterocycles. The maximum Gasteiger partial charge on any atom is 0.534 e. The zero-order chi connectivity index (χ0) is 16.5. The number of alkyl halides is 3. The van der Waals surface area contributed by atoms with E-state index in [1.165, 1.54) is 4.57 Å².